The molecule has 0 unspecified atom stereocenters. The number of benzene rings is 2. The van der Waals surface area contributed by atoms with Crippen LogP contribution >= 0.6 is 0 Å². The predicted octanol–water partition coefficient (Wildman–Crippen LogP) is 1.91. The molecule has 1 amide bonds. The van der Waals surface area contributed by atoms with Crippen LogP contribution in [0.4, 0.5) is 0 Å². The van der Waals surface area contributed by atoms with Gasteiger partial charge in [0.05, 0.1) is 25.2 Å². The largest absolute Gasteiger partial charge is 0.497 e. The number of methoxy groups -OCH3 is 1. The lowest BCUT2D eigenvalue weighted by Crippen LogP contribution is -2.40. The summed E-state index contributed by atoms with van der Waals surface area (Å²) in [7, 11) is -2.02. The molecule has 0 aromatic heterocycles. The molecule has 1 fully saturated rings. The molecular weight excluding hydrogens is 392 g/mol. The lowest BCUT2D eigenvalue weighted by molar-refractivity contribution is 0.0727. The van der Waals surface area contributed by atoms with E-state index in [-0.39, 0.29) is 10.8 Å². The smallest absolute Gasteiger partial charge is 0.254 e. The van der Waals surface area contributed by atoms with Gasteiger partial charge >= 0.3 is 0 Å². The SMILES string of the molecule is COc1ccc2c(c1)CN(C(=O)c1cccc(S(=O)(=O)N3CCOCC3)c1)CC2. The minimum atomic E-state index is -3.64. The molecule has 29 heavy (non-hydrogen) atoms. The molecule has 2 heterocycles. The van der Waals surface area contributed by atoms with Gasteiger partial charge in [0, 0.05) is 31.7 Å². The fourth-order valence-corrected chi connectivity index (χ4v) is 5.20. The van der Waals surface area contributed by atoms with E-state index in [9.17, 15) is 13.2 Å². The first-order valence-electron chi connectivity index (χ1n) is 9.62. The van der Waals surface area contributed by atoms with Gasteiger partial charge in [0.1, 0.15) is 5.75 Å². The Morgan fingerprint density at radius 1 is 1.03 bits per heavy atom. The van der Waals surface area contributed by atoms with Gasteiger partial charge in [0.2, 0.25) is 10.0 Å². The second-order valence-electron chi connectivity index (χ2n) is 7.16. The molecule has 4 rings (SSSR count). The van der Waals surface area contributed by atoms with Crippen molar-refractivity contribution >= 4 is 15.9 Å². The fraction of sp³-hybridized carbons (Fsp3) is 0.381. The first-order valence-corrected chi connectivity index (χ1v) is 11.1. The molecule has 0 spiro atoms. The molecule has 2 aromatic rings. The molecule has 8 heteroatoms. The average Bonchev–Trinajstić information content (AvgIpc) is 2.78. The van der Waals surface area contributed by atoms with Crippen molar-refractivity contribution in [3.05, 3.63) is 59.2 Å². The van der Waals surface area contributed by atoms with Gasteiger partial charge in [-0.3, -0.25) is 4.79 Å². The normalized spacial score (nSPS) is 17.6. The summed E-state index contributed by atoms with van der Waals surface area (Å²) in [4.78, 5) is 15.0. The highest BCUT2D eigenvalue weighted by Crippen LogP contribution is 2.25. The van der Waals surface area contributed by atoms with E-state index in [1.807, 2.05) is 18.2 Å². The molecule has 2 aliphatic rings. The van der Waals surface area contributed by atoms with Crippen LogP contribution in [0.3, 0.4) is 0 Å². The third kappa shape index (κ3) is 4.01. The maximum atomic E-state index is 13.1. The number of ether oxygens (including phenoxy) is 2. The second-order valence-corrected chi connectivity index (χ2v) is 9.09. The summed E-state index contributed by atoms with van der Waals surface area (Å²) in [6.07, 6.45) is 0.761. The number of rotatable bonds is 4. The van der Waals surface area contributed by atoms with Gasteiger partial charge in [0.15, 0.2) is 0 Å². The number of nitrogens with zero attached hydrogens (tertiary/aromatic N) is 2. The zero-order valence-corrected chi connectivity index (χ0v) is 17.2. The highest BCUT2D eigenvalue weighted by molar-refractivity contribution is 7.89. The molecule has 2 aliphatic heterocycles. The lowest BCUT2D eigenvalue weighted by Gasteiger charge is -2.29. The molecule has 0 aliphatic carbocycles. The van der Waals surface area contributed by atoms with Crippen LogP contribution in [0.1, 0.15) is 21.5 Å². The van der Waals surface area contributed by atoms with Gasteiger partial charge in [0.25, 0.3) is 5.91 Å². The van der Waals surface area contributed by atoms with Crippen LogP contribution in [0.2, 0.25) is 0 Å². The average molecular weight is 416 g/mol. The zero-order valence-electron chi connectivity index (χ0n) is 16.3. The number of carbonyl (C=O) groups is 1. The van der Waals surface area contributed by atoms with Crippen LogP contribution in [0, 0.1) is 0 Å². The Morgan fingerprint density at radius 3 is 2.59 bits per heavy atom. The van der Waals surface area contributed by atoms with Crippen LogP contribution < -0.4 is 4.74 Å². The first-order chi connectivity index (χ1) is 14.0. The van der Waals surface area contributed by atoms with E-state index in [0.29, 0.717) is 45.0 Å². The standard InChI is InChI=1S/C21H24N2O5S/c1-27-19-6-5-16-7-8-22(15-18(16)13-19)21(24)17-3-2-4-20(14-17)29(25,26)23-9-11-28-12-10-23/h2-6,13-14H,7-12,15H2,1H3. The van der Waals surface area contributed by atoms with Gasteiger partial charge in [-0.2, -0.15) is 4.31 Å². The van der Waals surface area contributed by atoms with Crippen LogP contribution in [-0.2, 0) is 27.7 Å². The van der Waals surface area contributed by atoms with Gasteiger partial charge in [-0.25, -0.2) is 8.42 Å². The molecule has 154 valence electrons. The van der Waals surface area contributed by atoms with Crippen molar-refractivity contribution in [1.29, 1.82) is 0 Å². The highest BCUT2D eigenvalue weighted by Gasteiger charge is 2.28. The molecule has 0 saturated carbocycles. The minimum Gasteiger partial charge on any atom is -0.497 e. The molecule has 1 saturated heterocycles. The Bertz CT molecular complexity index is 1020. The molecule has 2 aromatic carbocycles. The lowest BCUT2D eigenvalue weighted by atomic mass is 9.99. The summed E-state index contributed by atoms with van der Waals surface area (Å²) >= 11 is 0. The zero-order chi connectivity index (χ0) is 20.4. The number of sulfonamides is 1. The summed E-state index contributed by atoms with van der Waals surface area (Å²) in [5.74, 6) is 0.592. The van der Waals surface area contributed by atoms with Gasteiger partial charge in [-0.15, -0.1) is 0 Å². The van der Waals surface area contributed by atoms with Crippen molar-refractivity contribution < 1.29 is 22.7 Å². The topological polar surface area (TPSA) is 76.2 Å². The van der Waals surface area contributed by atoms with Crippen molar-refractivity contribution in [2.45, 2.75) is 17.9 Å². The molecule has 7 nitrogen and oxygen atoms in total. The van der Waals surface area contributed by atoms with E-state index < -0.39 is 10.0 Å². The van der Waals surface area contributed by atoms with Crippen molar-refractivity contribution in [1.82, 2.24) is 9.21 Å². The van der Waals surface area contributed by atoms with E-state index in [2.05, 4.69) is 0 Å². The quantitative estimate of drug-likeness (QED) is 0.761. The molecule has 0 bridgehead atoms. The number of carbonyl (C=O) groups excluding carboxylic acids is 1. The van der Waals surface area contributed by atoms with Crippen molar-refractivity contribution in [3.63, 3.8) is 0 Å². The first kappa shape index (κ1) is 19.9. The van der Waals surface area contributed by atoms with Crippen molar-refractivity contribution in [2.75, 3.05) is 40.0 Å². The summed E-state index contributed by atoms with van der Waals surface area (Å²) in [5.41, 5.74) is 2.64. The molecule has 0 radical (unpaired) electrons. The highest BCUT2D eigenvalue weighted by atomic mass is 32.2. The minimum absolute atomic E-state index is 0.143. The summed E-state index contributed by atoms with van der Waals surface area (Å²) < 4.78 is 37.7. The number of morpholine rings is 1. The molecular formula is C21H24N2O5S. The Hall–Kier alpha value is -2.42. The van der Waals surface area contributed by atoms with E-state index in [1.165, 1.54) is 22.0 Å². The summed E-state index contributed by atoms with van der Waals surface area (Å²) in [5, 5.41) is 0. The summed E-state index contributed by atoms with van der Waals surface area (Å²) in [6, 6.07) is 12.2. The van der Waals surface area contributed by atoms with Gasteiger partial charge in [-0.05, 0) is 47.9 Å². The van der Waals surface area contributed by atoms with Crippen LogP contribution in [0.5, 0.6) is 5.75 Å². The van der Waals surface area contributed by atoms with E-state index in [1.54, 1.807) is 24.1 Å². The Labute approximate surface area is 170 Å². The predicted molar refractivity (Wildman–Crippen MR) is 107 cm³/mol. The maximum absolute atomic E-state index is 13.1. The van der Waals surface area contributed by atoms with Crippen LogP contribution in [0.25, 0.3) is 0 Å². The molecule has 0 N–H and O–H groups in total. The van der Waals surface area contributed by atoms with Crippen molar-refractivity contribution in [3.8, 4) is 5.75 Å². The van der Waals surface area contributed by atoms with Crippen LogP contribution in [0.15, 0.2) is 47.4 Å². The molecule has 0 atom stereocenters. The van der Waals surface area contributed by atoms with E-state index >= 15 is 0 Å². The number of hydrogen-bond donors (Lipinski definition) is 0. The second kappa shape index (κ2) is 8.14. The number of amides is 1. The Balaban J connectivity index is 1.56. The number of fused-ring (bicyclic) bond motifs is 1. The third-order valence-electron chi connectivity index (χ3n) is 5.40. The third-order valence-corrected chi connectivity index (χ3v) is 7.30. The monoisotopic (exact) mass is 416 g/mol. The number of hydrogen-bond acceptors (Lipinski definition) is 5. The van der Waals surface area contributed by atoms with Crippen molar-refractivity contribution in [2.24, 2.45) is 0 Å². The van der Waals surface area contributed by atoms with E-state index in [4.69, 9.17) is 9.47 Å². The van der Waals surface area contributed by atoms with Crippen LogP contribution in [-0.4, -0.2) is 63.5 Å². The van der Waals surface area contributed by atoms with Gasteiger partial charge < -0.3 is 14.4 Å². The van der Waals surface area contributed by atoms with E-state index in [0.717, 1.165) is 17.7 Å². The Kier molecular flexibility index (Phi) is 5.58. The maximum Gasteiger partial charge on any atom is 0.254 e. The fourth-order valence-electron chi connectivity index (χ4n) is 3.74. The van der Waals surface area contributed by atoms with Gasteiger partial charge in [-0.1, -0.05) is 12.1 Å². The Morgan fingerprint density at radius 2 is 1.83 bits per heavy atom. The summed E-state index contributed by atoms with van der Waals surface area (Å²) in [6.45, 7) is 2.49.